The Labute approximate surface area is 73.2 Å². The number of esters is 1. The third-order valence-corrected chi connectivity index (χ3v) is 1.28. The molecule has 58 valence electrons. The Morgan fingerprint density at radius 2 is 2.64 bits per heavy atom. The summed E-state index contributed by atoms with van der Waals surface area (Å²) in [5.74, 6) is -0.950. The van der Waals surface area contributed by atoms with Gasteiger partial charge in [-0.3, -0.25) is 0 Å². The molecule has 0 N–H and O–H groups in total. The van der Waals surface area contributed by atoms with Crippen molar-refractivity contribution in [2.45, 2.75) is 0 Å². The zero-order valence-electron chi connectivity index (χ0n) is 8.37. The van der Waals surface area contributed by atoms with Gasteiger partial charge in [0, 0.05) is 6.20 Å². The highest BCUT2D eigenvalue weighted by molar-refractivity contribution is 6.29. The SMILES string of the molecule is [2H]C([2H])([2H])OC(=O)c1ccc(Cl)nc1. The van der Waals surface area contributed by atoms with Gasteiger partial charge in [-0.15, -0.1) is 0 Å². The highest BCUT2D eigenvalue weighted by atomic mass is 35.5. The number of carbonyl (C=O) groups is 1. The van der Waals surface area contributed by atoms with Crippen LogP contribution in [-0.2, 0) is 4.74 Å². The average Bonchev–Trinajstić information content (AvgIpc) is 2.02. The van der Waals surface area contributed by atoms with Crippen molar-refractivity contribution in [3.05, 3.63) is 29.0 Å². The summed E-state index contributed by atoms with van der Waals surface area (Å²) in [5.41, 5.74) is 0.0468. The summed E-state index contributed by atoms with van der Waals surface area (Å²) in [6.45, 7) is 0. The molecule has 0 radical (unpaired) electrons. The second-order valence-electron chi connectivity index (χ2n) is 1.76. The molecule has 0 spiro atoms. The maximum absolute atomic E-state index is 11.1. The topological polar surface area (TPSA) is 39.2 Å². The molecule has 0 aliphatic heterocycles. The maximum Gasteiger partial charge on any atom is 0.339 e. The number of nitrogens with zero attached hydrogens (tertiary/aromatic N) is 1. The molecule has 4 heteroatoms. The Morgan fingerprint density at radius 3 is 3.18 bits per heavy atom. The number of hydrogen-bond acceptors (Lipinski definition) is 3. The van der Waals surface area contributed by atoms with Gasteiger partial charge in [0.1, 0.15) is 5.15 Å². The van der Waals surface area contributed by atoms with E-state index in [0.29, 0.717) is 0 Å². The highest BCUT2D eigenvalue weighted by Crippen LogP contribution is 2.05. The van der Waals surface area contributed by atoms with Crippen LogP contribution in [0.15, 0.2) is 18.3 Å². The van der Waals surface area contributed by atoms with Gasteiger partial charge in [0.15, 0.2) is 0 Å². The first kappa shape index (κ1) is 4.72. The molecule has 11 heavy (non-hydrogen) atoms. The van der Waals surface area contributed by atoms with Crippen LogP contribution in [0, 0.1) is 0 Å². The lowest BCUT2D eigenvalue weighted by Gasteiger charge is -1.96. The van der Waals surface area contributed by atoms with Crippen molar-refractivity contribution >= 4 is 17.6 Å². The van der Waals surface area contributed by atoms with Gasteiger partial charge in [-0.05, 0) is 12.1 Å². The minimum absolute atomic E-state index is 0.0468. The number of aromatic nitrogens is 1. The van der Waals surface area contributed by atoms with E-state index in [-0.39, 0.29) is 10.7 Å². The Morgan fingerprint density at radius 1 is 1.82 bits per heavy atom. The number of hydrogen-bond donors (Lipinski definition) is 0. The third-order valence-electron chi connectivity index (χ3n) is 1.06. The van der Waals surface area contributed by atoms with E-state index in [4.69, 9.17) is 15.7 Å². The predicted octanol–water partition coefficient (Wildman–Crippen LogP) is 1.52. The first-order valence-electron chi connectivity index (χ1n) is 4.23. The van der Waals surface area contributed by atoms with Gasteiger partial charge in [0.05, 0.1) is 16.7 Å². The fourth-order valence-corrected chi connectivity index (χ4v) is 0.667. The molecule has 0 aromatic carbocycles. The summed E-state index contributed by atoms with van der Waals surface area (Å²) in [5, 5.41) is 0.218. The monoisotopic (exact) mass is 174 g/mol. The lowest BCUT2D eigenvalue weighted by atomic mass is 10.3. The normalized spacial score (nSPS) is 14.5. The maximum atomic E-state index is 11.1. The zero-order valence-corrected chi connectivity index (χ0v) is 6.13. The van der Waals surface area contributed by atoms with Crippen LogP contribution in [0.25, 0.3) is 0 Å². The molecule has 1 rings (SSSR count). The Hall–Kier alpha value is -1.09. The van der Waals surface area contributed by atoms with E-state index < -0.39 is 13.0 Å². The molecule has 0 bridgehead atoms. The molecular weight excluding hydrogens is 166 g/mol. The van der Waals surface area contributed by atoms with Gasteiger partial charge >= 0.3 is 5.97 Å². The van der Waals surface area contributed by atoms with Gasteiger partial charge in [-0.25, -0.2) is 9.78 Å². The van der Waals surface area contributed by atoms with Gasteiger partial charge in [0.2, 0.25) is 0 Å². The largest absolute Gasteiger partial charge is 0.465 e. The van der Waals surface area contributed by atoms with E-state index in [0.717, 1.165) is 6.20 Å². The molecule has 0 aliphatic rings. The fraction of sp³-hybridized carbons (Fsp3) is 0.143. The molecule has 1 aromatic rings. The fourth-order valence-electron chi connectivity index (χ4n) is 0.555. The van der Waals surface area contributed by atoms with Crippen LogP contribution in [0.3, 0.4) is 0 Å². The van der Waals surface area contributed by atoms with E-state index in [1.54, 1.807) is 0 Å². The van der Waals surface area contributed by atoms with Gasteiger partial charge in [-0.1, -0.05) is 11.6 Å². The van der Waals surface area contributed by atoms with E-state index in [2.05, 4.69) is 9.72 Å². The Kier molecular flexibility index (Phi) is 1.44. The number of pyridine rings is 1. The second kappa shape index (κ2) is 3.34. The van der Waals surface area contributed by atoms with Crippen LogP contribution in [0.5, 0.6) is 0 Å². The lowest BCUT2D eigenvalue weighted by Crippen LogP contribution is -2.00. The van der Waals surface area contributed by atoms with Crippen LogP contribution in [-0.4, -0.2) is 18.0 Å². The molecule has 0 aliphatic carbocycles. The summed E-state index contributed by atoms with van der Waals surface area (Å²) in [4.78, 5) is 14.7. The first-order chi connectivity index (χ1) is 6.38. The van der Waals surface area contributed by atoms with Crippen molar-refractivity contribution in [3.63, 3.8) is 0 Å². The van der Waals surface area contributed by atoms with Gasteiger partial charge < -0.3 is 4.74 Å². The number of rotatable bonds is 1. The Bertz CT molecular complexity index is 336. The quantitative estimate of drug-likeness (QED) is 0.479. The van der Waals surface area contributed by atoms with Gasteiger partial charge in [-0.2, -0.15) is 0 Å². The molecule has 0 saturated carbocycles. The van der Waals surface area contributed by atoms with Crippen molar-refractivity contribution in [3.8, 4) is 0 Å². The Balaban J connectivity index is 2.76. The molecule has 0 atom stereocenters. The average molecular weight is 175 g/mol. The standard InChI is InChI=1S/C7H6ClNO2/c1-11-7(10)5-2-3-6(8)9-4-5/h2-4H,1H3/i1D3. The molecule has 0 fully saturated rings. The van der Waals surface area contributed by atoms with Crippen molar-refractivity contribution in [1.29, 1.82) is 0 Å². The number of methoxy groups -OCH3 is 1. The van der Waals surface area contributed by atoms with E-state index in [1.165, 1.54) is 12.1 Å². The number of carbonyl (C=O) groups excluding carboxylic acids is 1. The van der Waals surface area contributed by atoms with Crippen LogP contribution >= 0.6 is 11.6 Å². The number of halogens is 1. The van der Waals surface area contributed by atoms with Crippen molar-refractivity contribution in [2.24, 2.45) is 0 Å². The molecule has 0 saturated heterocycles. The molecule has 0 amide bonds. The minimum atomic E-state index is -2.74. The summed E-state index contributed by atoms with van der Waals surface area (Å²) in [6, 6.07) is 2.71. The smallest absolute Gasteiger partial charge is 0.339 e. The van der Waals surface area contributed by atoms with Crippen molar-refractivity contribution < 1.29 is 13.6 Å². The highest BCUT2D eigenvalue weighted by Gasteiger charge is 2.03. The summed E-state index contributed by atoms with van der Waals surface area (Å²) in [6.07, 6.45) is 1.15. The summed E-state index contributed by atoms with van der Waals surface area (Å²) in [7, 11) is -2.74. The van der Waals surface area contributed by atoms with E-state index >= 15 is 0 Å². The van der Waals surface area contributed by atoms with Crippen molar-refractivity contribution in [2.75, 3.05) is 7.04 Å². The third kappa shape index (κ3) is 1.91. The molecule has 3 nitrogen and oxygen atoms in total. The summed E-state index contributed by atoms with van der Waals surface area (Å²) < 4.78 is 24.2. The van der Waals surface area contributed by atoms with Crippen LogP contribution < -0.4 is 0 Å². The van der Waals surface area contributed by atoms with E-state index in [1.807, 2.05) is 0 Å². The molecule has 1 heterocycles. The second-order valence-corrected chi connectivity index (χ2v) is 2.15. The lowest BCUT2D eigenvalue weighted by molar-refractivity contribution is 0.0600. The summed E-state index contributed by atoms with van der Waals surface area (Å²) >= 11 is 5.48. The first-order valence-corrected chi connectivity index (χ1v) is 3.11. The van der Waals surface area contributed by atoms with Crippen LogP contribution in [0.4, 0.5) is 0 Å². The zero-order chi connectivity index (χ0) is 10.8. The van der Waals surface area contributed by atoms with Gasteiger partial charge in [0.25, 0.3) is 0 Å². The predicted molar refractivity (Wildman–Crippen MR) is 40.6 cm³/mol. The number of ether oxygens (including phenoxy) is 1. The van der Waals surface area contributed by atoms with E-state index in [9.17, 15) is 4.79 Å². The van der Waals surface area contributed by atoms with Crippen molar-refractivity contribution in [1.82, 2.24) is 4.98 Å². The molecular formula is C7H6ClNO2. The van der Waals surface area contributed by atoms with Crippen LogP contribution in [0.2, 0.25) is 5.15 Å². The van der Waals surface area contributed by atoms with Crippen LogP contribution in [0.1, 0.15) is 14.5 Å². The molecule has 1 aromatic heterocycles. The minimum Gasteiger partial charge on any atom is -0.465 e. The molecule has 0 unspecified atom stereocenters.